The fraction of sp³-hybridized carbons (Fsp3) is 0.167. The van der Waals surface area contributed by atoms with Gasteiger partial charge in [-0.15, -0.1) is 0 Å². The predicted octanol–water partition coefficient (Wildman–Crippen LogP) is 3.67. The van der Waals surface area contributed by atoms with Crippen LogP contribution in [0.3, 0.4) is 0 Å². The molecule has 1 aromatic heterocycles. The molecule has 0 aliphatic carbocycles. The van der Waals surface area contributed by atoms with Gasteiger partial charge in [0.1, 0.15) is 17.4 Å². The van der Waals surface area contributed by atoms with Crippen LogP contribution in [0.2, 0.25) is 0 Å². The van der Waals surface area contributed by atoms with E-state index in [0.29, 0.717) is 18.7 Å². The molecule has 0 radical (unpaired) electrons. The van der Waals surface area contributed by atoms with E-state index in [1.807, 2.05) is 41.1 Å². The van der Waals surface area contributed by atoms with Crippen molar-refractivity contribution >= 4 is 5.69 Å². The number of anilines is 1. The van der Waals surface area contributed by atoms with Crippen LogP contribution in [0.5, 0.6) is 5.75 Å². The molecule has 1 N–H and O–H groups in total. The topological polar surface area (TPSA) is 39.1 Å². The van der Waals surface area contributed by atoms with Gasteiger partial charge in [-0.2, -0.15) is 0 Å². The minimum atomic E-state index is -0.199. The van der Waals surface area contributed by atoms with E-state index in [0.717, 1.165) is 28.5 Å². The molecule has 0 atom stereocenters. The van der Waals surface area contributed by atoms with E-state index in [4.69, 9.17) is 9.72 Å². The summed E-state index contributed by atoms with van der Waals surface area (Å²) in [5.41, 5.74) is 3.26. The number of nitrogens with zero attached hydrogens (tertiary/aromatic N) is 2. The van der Waals surface area contributed by atoms with Gasteiger partial charge in [-0.25, -0.2) is 9.37 Å². The highest BCUT2D eigenvalue weighted by Gasteiger charge is 2.19. The van der Waals surface area contributed by atoms with Crippen molar-refractivity contribution < 1.29 is 9.13 Å². The van der Waals surface area contributed by atoms with Crippen LogP contribution in [-0.4, -0.2) is 16.7 Å². The number of hydrogen-bond donors (Lipinski definition) is 1. The summed E-state index contributed by atoms with van der Waals surface area (Å²) in [4.78, 5) is 4.70. The molecule has 23 heavy (non-hydrogen) atoms. The van der Waals surface area contributed by atoms with Crippen LogP contribution in [-0.2, 0) is 13.1 Å². The summed E-state index contributed by atoms with van der Waals surface area (Å²) in [6.07, 6.45) is 1.95. The Morgan fingerprint density at radius 3 is 2.91 bits per heavy atom. The summed E-state index contributed by atoms with van der Waals surface area (Å²) in [5.74, 6) is 1.46. The van der Waals surface area contributed by atoms with Crippen LogP contribution in [0.1, 0.15) is 11.4 Å². The van der Waals surface area contributed by atoms with Gasteiger partial charge in [-0.05, 0) is 24.3 Å². The first kappa shape index (κ1) is 13.8. The molecule has 3 aromatic rings. The van der Waals surface area contributed by atoms with Gasteiger partial charge in [0.15, 0.2) is 0 Å². The molecule has 0 amide bonds. The Balaban J connectivity index is 1.78. The Kier molecular flexibility index (Phi) is 3.26. The number of imidazole rings is 1. The van der Waals surface area contributed by atoms with Gasteiger partial charge in [0.05, 0.1) is 25.9 Å². The number of benzene rings is 2. The number of methoxy groups -OCH3 is 1. The van der Waals surface area contributed by atoms with Crippen LogP contribution in [0, 0.1) is 5.82 Å². The highest BCUT2D eigenvalue weighted by atomic mass is 19.1. The van der Waals surface area contributed by atoms with E-state index in [9.17, 15) is 4.39 Å². The standard InChI is InChI=1S/C18H16FN3O/c1-23-17-8-3-2-5-12(17)16-11-22-10-13-14(19)6-4-7-15(13)20-9-18(22)21-16/h2-8,11,20H,9-10H2,1H3. The molecule has 4 rings (SSSR count). The minimum Gasteiger partial charge on any atom is -0.496 e. The van der Waals surface area contributed by atoms with Crippen LogP contribution in [0.25, 0.3) is 11.3 Å². The molecule has 2 aromatic carbocycles. The molecule has 0 spiro atoms. The summed E-state index contributed by atoms with van der Waals surface area (Å²) in [7, 11) is 1.65. The molecule has 0 saturated heterocycles. The molecule has 0 bridgehead atoms. The third kappa shape index (κ3) is 2.34. The van der Waals surface area contributed by atoms with E-state index in [1.165, 1.54) is 6.07 Å². The zero-order valence-corrected chi connectivity index (χ0v) is 12.7. The van der Waals surface area contributed by atoms with Crippen molar-refractivity contribution in [1.82, 2.24) is 9.55 Å². The van der Waals surface area contributed by atoms with Crippen molar-refractivity contribution in [3.63, 3.8) is 0 Å². The molecule has 116 valence electrons. The van der Waals surface area contributed by atoms with Gasteiger partial charge in [0, 0.05) is 23.0 Å². The Hall–Kier alpha value is -2.82. The average Bonchev–Trinajstić information content (AvgIpc) is 2.89. The maximum atomic E-state index is 14.1. The molecular weight excluding hydrogens is 293 g/mol. The zero-order valence-electron chi connectivity index (χ0n) is 12.7. The van der Waals surface area contributed by atoms with Crippen LogP contribution in [0.4, 0.5) is 10.1 Å². The normalized spacial score (nSPS) is 12.8. The second kappa shape index (κ2) is 5.43. The van der Waals surface area contributed by atoms with Crippen molar-refractivity contribution in [3.05, 3.63) is 65.9 Å². The molecule has 0 fully saturated rings. The van der Waals surface area contributed by atoms with Crippen molar-refractivity contribution in [1.29, 1.82) is 0 Å². The van der Waals surface area contributed by atoms with Gasteiger partial charge in [0.25, 0.3) is 0 Å². The number of nitrogens with one attached hydrogen (secondary N) is 1. The van der Waals surface area contributed by atoms with Crippen molar-refractivity contribution in [3.8, 4) is 17.0 Å². The molecule has 5 heteroatoms. The maximum Gasteiger partial charge on any atom is 0.130 e. The first-order chi connectivity index (χ1) is 11.3. The summed E-state index contributed by atoms with van der Waals surface area (Å²) in [5, 5.41) is 3.26. The lowest BCUT2D eigenvalue weighted by Gasteiger charge is -2.08. The second-order valence-corrected chi connectivity index (χ2v) is 5.49. The molecule has 1 aliphatic heterocycles. The fourth-order valence-corrected chi connectivity index (χ4v) is 2.95. The fourth-order valence-electron chi connectivity index (χ4n) is 2.95. The van der Waals surface area contributed by atoms with E-state index in [-0.39, 0.29) is 5.82 Å². The van der Waals surface area contributed by atoms with Crippen molar-refractivity contribution in [2.75, 3.05) is 12.4 Å². The molecule has 1 aliphatic rings. The number of fused-ring (bicyclic) bond motifs is 2. The Morgan fingerprint density at radius 2 is 2.04 bits per heavy atom. The van der Waals surface area contributed by atoms with Gasteiger partial charge >= 0.3 is 0 Å². The molecule has 0 unspecified atom stereocenters. The Labute approximate surface area is 133 Å². The lowest BCUT2D eigenvalue weighted by molar-refractivity contribution is 0.416. The number of hydrogen-bond acceptors (Lipinski definition) is 3. The van der Waals surface area contributed by atoms with E-state index in [1.54, 1.807) is 13.2 Å². The first-order valence-corrected chi connectivity index (χ1v) is 7.47. The summed E-state index contributed by atoms with van der Waals surface area (Å²) in [6, 6.07) is 12.9. The summed E-state index contributed by atoms with van der Waals surface area (Å²) in [6.45, 7) is 1.03. The Morgan fingerprint density at radius 1 is 1.17 bits per heavy atom. The highest BCUT2D eigenvalue weighted by molar-refractivity contribution is 5.67. The third-order valence-corrected chi connectivity index (χ3v) is 4.13. The highest BCUT2D eigenvalue weighted by Crippen LogP contribution is 2.31. The molecular formula is C18H16FN3O. The maximum absolute atomic E-state index is 14.1. The quantitative estimate of drug-likeness (QED) is 0.785. The molecule has 4 nitrogen and oxygen atoms in total. The zero-order chi connectivity index (χ0) is 15.8. The van der Waals surface area contributed by atoms with Crippen molar-refractivity contribution in [2.45, 2.75) is 13.1 Å². The number of ether oxygens (including phenoxy) is 1. The number of aromatic nitrogens is 2. The minimum absolute atomic E-state index is 0.199. The van der Waals surface area contributed by atoms with Gasteiger partial charge in [0.2, 0.25) is 0 Å². The predicted molar refractivity (Wildman–Crippen MR) is 87.0 cm³/mol. The third-order valence-electron chi connectivity index (χ3n) is 4.13. The van der Waals surface area contributed by atoms with Crippen LogP contribution >= 0.6 is 0 Å². The van der Waals surface area contributed by atoms with E-state index >= 15 is 0 Å². The van der Waals surface area contributed by atoms with Crippen LogP contribution in [0.15, 0.2) is 48.7 Å². The lowest BCUT2D eigenvalue weighted by Crippen LogP contribution is -2.03. The van der Waals surface area contributed by atoms with E-state index < -0.39 is 0 Å². The number of rotatable bonds is 2. The Bertz CT molecular complexity index is 872. The van der Waals surface area contributed by atoms with Crippen molar-refractivity contribution in [2.24, 2.45) is 0 Å². The smallest absolute Gasteiger partial charge is 0.130 e. The van der Waals surface area contributed by atoms with Crippen LogP contribution < -0.4 is 10.1 Å². The molecule has 2 heterocycles. The SMILES string of the molecule is COc1ccccc1-c1cn2c(n1)CNc1cccc(F)c1C2. The van der Waals surface area contributed by atoms with E-state index in [2.05, 4.69) is 5.32 Å². The van der Waals surface area contributed by atoms with Gasteiger partial charge in [-0.1, -0.05) is 18.2 Å². The second-order valence-electron chi connectivity index (χ2n) is 5.49. The molecule has 0 saturated carbocycles. The largest absolute Gasteiger partial charge is 0.496 e. The first-order valence-electron chi connectivity index (χ1n) is 7.47. The lowest BCUT2D eigenvalue weighted by atomic mass is 10.1. The summed E-state index contributed by atoms with van der Waals surface area (Å²) < 4.78 is 21.5. The average molecular weight is 309 g/mol. The van der Waals surface area contributed by atoms with Gasteiger partial charge in [-0.3, -0.25) is 0 Å². The summed E-state index contributed by atoms with van der Waals surface area (Å²) >= 11 is 0. The van der Waals surface area contributed by atoms with Gasteiger partial charge < -0.3 is 14.6 Å². The number of halogens is 1. The number of para-hydroxylation sites is 1. The monoisotopic (exact) mass is 309 g/mol.